The van der Waals surface area contributed by atoms with Gasteiger partial charge in [0.1, 0.15) is 0 Å². The largest absolute Gasteiger partial charge is 0.383 e. The Labute approximate surface area is 121 Å². The summed E-state index contributed by atoms with van der Waals surface area (Å²) in [4.78, 5) is 0. The molecule has 0 bridgehead atoms. The number of ether oxygens (including phenoxy) is 1. The number of rotatable bonds is 8. The number of hydrogen-bond donors (Lipinski definition) is 2. The number of methoxy groups -OCH3 is 1. The molecule has 0 aromatic carbocycles. The quantitative estimate of drug-likeness (QED) is 0.408. The molecule has 1 rings (SSSR count). The van der Waals surface area contributed by atoms with E-state index < -0.39 is 0 Å². The molecule has 5 heteroatoms. The first-order valence-electron chi connectivity index (χ1n) is 7.06. The number of hydrazone groups is 1. The van der Waals surface area contributed by atoms with Crippen LogP contribution in [0.3, 0.4) is 0 Å². The zero-order chi connectivity index (χ0) is 13.9. The van der Waals surface area contributed by atoms with E-state index in [-0.39, 0.29) is 0 Å². The summed E-state index contributed by atoms with van der Waals surface area (Å²) in [5.74, 6) is 0. The van der Waals surface area contributed by atoms with Crippen molar-refractivity contribution in [3.05, 3.63) is 11.6 Å². The van der Waals surface area contributed by atoms with Crippen molar-refractivity contribution in [1.82, 2.24) is 10.7 Å². The summed E-state index contributed by atoms with van der Waals surface area (Å²) in [6, 6.07) is 0. The summed E-state index contributed by atoms with van der Waals surface area (Å²) in [5.41, 5.74) is 5.46. The van der Waals surface area contributed by atoms with Crippen molar-refractivity contribution in [2.24, 2.45) is 5.10 Å². The number of unbranched alkanes of at least 4 members (excludes halogenated alkanes) is 2. The molecule has 108 valence electrons. The van der Waals surface area contributed by atoms with E-state index in [1.165, 1.54) is 24.8 Å². The standard InChI is InChI=1S/C14H25N3OS/c1-3-4-5-7-12-8-6-9-13(12)16-17-14(19)15-10-11-18-2/h8H,3-7,9-11H2,1-2H3,(H2,15,17,19)/b16-13-. The zero-order valence-corrected chi connectivity index (χ0v) is 12.8. The molecule has 0 atom stereocenters. The lowest BCUT2D eigenvalue weighted by molar-refractivity contribution is 0.204. The molecule has 4 nitrogen and oxygen atoms in total. The van der Waals surface area contributed by atoms with Gasteiger partial charge in [-0.25, -0.2) is 0 Å². The van der Waals surface area contributed by atoms with Gasteiger partial charge in [0.15, 0.2) is 5.11 Å². The van der Waals surface area contributed by atoms with Gasteiger partial charge >= 0.3 is 0 Å². The highest BCUT2D eigenvalue weighted by molar-refractivity contribution is 7.80. The predicted octanol–water partition coefficient (Wildman–Crippen LogP) is 2.75. The fourth-order valence-electron chi connectivity index (χ4n) is 2.03. The summed E-state index contributed by atoms with van der Waals surface area (Å²) in [5, 5.41) is 8.02. The number of allylic oxidation sites excluding steroid dienone is 2. The third-order valence-corrected chi connectivity index (χ3v) is 3.31. The maximum Gasteiger partial charge on any atom is 0.187 e. The summed E-state index contributed by atoms with van der Waals surface area (Å²) in [7, 11) is 1.67. The van der Waals surface area contributed by atoms with Gasteiger partial charge in [-0.2, -0.15) is 5.10 Å². The normalized spacial score (nSPS) is 16.5. The van der Waals surface area contributed by atoms with E-state index in [0.29, 0.717) is 18.3 Å². The lowest BCUT2D eigenvalue weighted by Gasteiger charge is -2.08. The van der Waals surface area contributed by atoms with Gasteiger partial charge in [0.05, 0.1) is 12.3 Å². The monoisotopic (exact) mass is 283 g/mol. The first-order chi connectivity index (χ1) is 9.27. The Morgan fingerprint density at radius 2 is 2.32 bits per heavy atom. The Morgan fingerprint density at radius 1 is 1.47 bits per heavy atom. The van der Waals surface area contributed by atoms with Crippen LogP contribution in [0.4, 0.5) is 0 Å². The topological polar surface area (TPSA) is 45.7 Å². The molecule has 0 amide bonds. The minimum Gasteiger partial charge on any atom is -0.383 e. The van der Waals surface area contributed by atoms with Crippen LogP contribution in [-0.4, -0.2) is 31.1 Å². The predicted molar refractivity (Wildman–Crippen MR) is 84.5 cm³/mol. The fourth-order valence-corrected chi connectivity index (χ4v) is 2.17. The molecule has 0 aromatic heterocycles. The smallest absolute Gasteiger partial charge is 0.187 e. The van der Waals surface area contributed by atoms with E-state index in [9.17, 15) is 0 Å². The van der Waals surface area contributed by atoms with Crippen LogP contribution in [0.15, 0.2) is 16.8 Å². The van der Waals surface area contributed by atoms with Gasteiger partial charge in [0, 0.05) is 13.7 Å². The second-order valence-electron chi connectivity index (χ2n) is 4.64. The third kappa shape index (κ3) is 6.68. The van der Waals surface area contributed by atoms with Gasteiger partial charge in [-0.1, -0.05) is 25.8 Å². The lowest BCUT2D eigenvalue weighted by atomic mass is 10.1. The summed E-state index contributed by atoms with van der Waals surface area (Å²) < 4.78 is 4.95. The molecular formula is C14H25N3OS. The molecule has 0 unspecified atom stereocenters. The van der Waals surface area contributed by atoms with Crippen LogP contribution in [0.1, 0.15) is 45.4 Å². The van der Waals surface area contributed by atoms with E-state index in [1.807, 2.05) is 0 Å². The van der Waals surface area contributed by atoms with Crippen LogP contribution in [0.25, 0.3) is 0 Å². The Kier molecular flexibility index (Phi) is 8.41. The highest BCUT2D eigenvalue weighted by Gasteiger charge is 2.12. The molecule has 2 N–H and O–H groups in total. The van der Waals surface area contributed by atoms with E-state index in [2.05, 4.69) is 28.8 Å². The minimum absolute atomic E-state index is 0.560. The molecule has 0 aromatic rings. The molecule has 0 aliphatic heterocycles. The molecule has 0 radical (unpaired) electrons. The number of thiocarbonyl (C=S) groups is 1. The Bertz CT molecular complexity index is 340. The molecule has 1 aliphatic rings. The van der Waals surface area contributed by atoms with Crippen molar-refractivity contribution in [3.8, 4) is 0 Å². The van der Waals surface area contributed by atoms with Crippen LogP contribution >= 0.6 is 12.2 Å². The number of nitrogens with zero attached hydrogens (tertiary/aromatic N) is 1. The number of nitrogens with one attached hydrogen (secondary N) is 2. The van der Waals surface area contributed by atoms with E-state index >= 15 is 0 Å². The van der Waals surface area contributed by atoms with Gasteiger partial charge in [-0.15, -0.1) is 0 Å². The van der Waals surface area contributed by atoms with Crippen LogP contribution in [0.2, 0.25) is 0 Å². The molecule has 0 saturated carbocycles. The zero-order valence-electron chi connectivity index (χ0n) is 12.0. The Hall–Kier alpha value is -0.940. The average molecular weight is 283 g/mol. The van der Waals surface area contributed by atoms with Crippen molar-refractivity contribution >= 4 is 23.0 Å². The molecule has 0 saturated heterocycles. The maximum atomic E-state index is 5.14. The molecule has 0 heterocycles. The lowest BCUT2D eigenvalue weighted by Crippen LogP contribution is -2.34. The van der Waals surface area contributed by atoms with E-state index in [0.717, 1.165) is 25.0 Å². The van der Waals surface area contributed by atoms with Crippen molar-refractivity contribution in [2.75, 3.05) is 20.3 Å². The molecule has 0 fully saturated rings. The van der Waals surface area contributed by atoms with Crippen molar-refractivity contribution in [1.29, 1.82) is 0 Å². The second-order valence-corrected chi connectivity index (χ2v) is 5.05. The van der Waals surface area contributed by atoms with Crippen molar-refractivity contribution in [3.63, 3.8) is 0 Å². The first kappa shape index (κ1) is 16.1. The van der Waals surface area contributed by atoms with Gasteiger partial charge in [0.2, 0.25) is 0 Å². The van der Waals surface area contributed by atoms with Gasteiger partial charge in [-0.3, -0.25) is 5.43 Å². The molecule has 19 heavy (non-hydrogen) atoms. The van der Waals surface area contributed by atoms with Crippen LogP contribution in [0.5, 0.6) is 0 Å². The first-order valence-corrected chi connectivity index (χ1v) is 7.47. The second kappa shape index (κ2) is 9.92. The average Bonchev–Trinajstić information content (AvgIpc) is 2.85. The molecule has 0 spiro atoms. The summed E-state index contributed by atoms with van der Waals surface area (Å²) in [6.45, 7) is 3.57. The highest BCUT2D eigenvalue weighted by atomic mass is 32.1. The maximum absolute atomic E-state index is 5.14. The van der Waals surface area contributed by atoms with Crippen molar-refractivity contribution < 1.29 is 4.74 Å². The Morgan fingerprint density at radius 3 is 3.05 bits per heavy atom. The third-order valence-electron chi connectivity index (χ3n) is 3.08. The van der Waals surface area contributed by atoms with E-state index in [1.54, 1.807) is 7.11 Å². The van der Waals surface area contributed by atoms with Crippen LogP contribution in [0, 0.1) is 0 Å². The SMILES string of the molecule is CCCCCC1=CCC/C1=N/NC(=S)NCCOC. The highest BCUT2D eigenvalue weighted by Crippen LogP contribution is 2.20. The fraction of sp³-hybridized carbons (Fsp3) is 0.714. The van der Waals surface area contributed by atoms with Crippen LogP contribution in [-0.2, 0) is 4.74 Å². The van der Waals surface area contributed by atoms with Gasteiger partial charge in [-0.05, 0) is 43.5 Å². The summed E-state index contributed by atoms with van der Waals surface area (Å²) >= 11 is 5.14. The van der Waals surface area contributed by atoms with Crippen molar-refractivity contribution in [2.45, 2.75) is 45.4 Å². The molecular weight excluding hydrogens is 258 g/mol. The molecule has 1 aliphatic carbocycles. The Balaban J connectivity index is 2.30. The number of hydrogen-bond acceptors (Lipinski definition) is 3. The van der Waals surface area contributed by atoms with Gasteiger partial charge in [0.25, 0.3) is 0 Å². The minimum atomic E-state index is 0.560. The van der Waals surface area contributed by atoms with Gasteiger partial charge < -0.3 is 10.1 Å². The summed E-state index contributed by atoms with van der Waals surface area (Å²) in [6.07, 6.45) is 9.36. The van der Waals surface area contributed by atoms with Crippen LogP contribution < -0.4 is 10.7 Å². The van der Waals surface area contributed by atoms with E-state index in [4.69, 9.17) is 17.0 Å².